The van der Waals surface area contributed by atoms with E-state index in [1.165, 1.54) is 4.90 Å². The summed E-state index contributed by atoms with van der Waals surface area (Å²) >= 11 is 0. The zero-order valence-electron chi connectivity index (χ0n) is 18.8. The van der Waals surface area contributed by atoms with Gasteiger partial charge in [-0.25, -0.2) is 0 Å². The Labute approximate surface area is 184 Å². The Morgan fingerprint density at radius 3 is 2.19 bits per heavy atom. The first-order valence-corrected chi connectivity index (χ1v) is 10.7. The Bertz CT molecular complexity index is 885. The third kappa shape index (κ3) is 6.29. The second kappa shape index (κ2) is 10.4. The fourth-order valence-corrected chi connectivity index (χ4v) is 3.99. The average Bonchev–Trinajstić information content (AvgIpc) is 2.74. The van der Waals surface area contributed by atoms with Gasteiger partial charge in [-0.3, -0.25) is 9.59 Å². The maximum Gasteiger partial charge on any atom is 0.313 e. The number of carbonyl (C=O) groups excluding carboxylic acids is 2. The van der Waals surface area contributed by atoms with Gasteiger partial charge in [0.1, 0.15) is 19.1 Å². The summed E-state index contributed by atoms with van der Waals surface area (Å²) in [4.78, 5) is 28.3. The number of benzene rings is 2. The number of nitrogens with one attached hydrogen (secondary N) is 3. The van der Waals surface area contributed by atoms with Crippen LogP contribution in [0.15, 0.2) is 42.5 Å². The molecule has 0 aromatic heterocycles. The van der Waals surface area contributed by atoms with E-state index in [0.29, 0.717) is 25.4 Å². The molecule has 1 aliphatic rings. The van der Waals surface area contributed by atoms with Gasteiger partial charge in [0.15, 0.2) is 0 Å². The number of amides is 2. The summed E-state index contributed by atoms with van der Waals surface area (Å²) in [5.74, 6) is -1.27. The van der Waals surface area contributed by atoms with Gasteiger partial charge in [-0.1, -0.05) is 18.2 Å². The second-order valence-electron chi connectivity index (χ2n) is 8.35. The minimum absolute atomic E-state index is 0.0538. The first kappa shape index (κ1) is 22.8. The van der Waals surface area contributed by atoms with Gasteiger partial charge in [0.05, 0.1) is 19.8 Å². The maximum atomic E-state index is 12.5. The Kier molecular flexibility index (Phi) is 7.65. The Morgan fingerprint density at radius 1 is 1.00 bits per heavy atom. The van der Waals surface area contributed by atoms with Crippen molar-refractivity contribution in [1.82, 2.24) is 5.32 Å². The minimum atomic E-state index is -0.649. The van der Waals surface area contributed by atoms with Crippen molar-refractivity contribution in [2.24, 2.45) is 0 Å². The number of rotatable bonds is 6. The van der Waals surface area contributed by atoms with Crippen molar-refractivity contribution in [3.63, 3.8) is 0 Å². The number of hydrogen-bond acceptors (Lipinski definition) is 4. The number of aryl methyl sites for hydroxylation is 2. The third-order valence-corrected chi connectivity index (χ3v) is 5.59. The number of quaternary nitrogens is 1. The van der Waals surface area contributed by atoms with E-state index >= 15 is 0 Å². The summed E-state index contributed by atoms with van der Waals surface area (Å²) in [6, 6.07) is 14.1. The molecule has 0 unspecified atom stereocenters. The van der Waals surface area contributed by atoms with Gasteiger partial charge in [0.2, 0.25) is 0 Å². The molecule has 0 bridgehead atoms. The van der Waals surface area contributed by atoms with Crippen LogP contribution in [-0.4, -0.2) is 58.8 Å². The molecular weight excluding hydrogens is 392 g/mol. The van der Waals surface area contributed by atoms with Crippen molar-refractivity contribution in [3.05, 3.63) is 59.2 Å². The smallest absolute Gasteiger partial charge is 0.313 e. The van der Waals surface area contributed by atoms with Crippen LogP contribution in [0.4, 0.5) is 11.4 Å². The normalized spacial score (nSPS) is 15.2. The molecule has 31 heavy (non-hydrogen) atoms. The van der Waals surface area contributed by atoms with Crippen molar-refractivity contribution in [1.29, 1.82) is 0 Å². The lowest BCUT2D eigenvalue weighted by atomic mass is 10.0. The molecule has 1 aliphatic heterocycles. The Balaban J connectivity index is 1.67. The SMILES string of the molecule is Cc1cc(C)cc(NC(=O)C(=O)NC[C@@H](c2ccc(N(C)C)cc2)[NH+]2CCOCC2)c1. The molecule has 0 radical (unpaired) electrons. The van der Waals surface area contributed by atoms with Crippen LogP contribution in [0.3, 0.4) is 0 Å². The van der Waals surface area contributed by atoms with Gasteiger partial charge in [0, 0.05) is 31.0 Å². The van der Waals surface area contributed by atoms with E-state index in [9.17, 15) is 9.59 Å². The number of hydrogen-bond donors (Lipinski definition) is 3. The van der Waals surface area contributed by atoms with Crippen molar-refractivity contribution in [2.75, 3.05) is 57.2 Å². The molecule has 3 N–H and O–H groups in total. The summed E-state index contributed by atoms with van der Waals surface area (Å²) in [6.07, 6.45) is 0. The maximum absolute atomic E-state index is 12.5. The first-order chi connectivity index (χ1) is 14.8. The Hall–Kier alpha value is -2.90. The number of anilines is 2. The van der Waals surface area contributed by atoms with Crippen molar-refractivity contribution in [2.45, 2.75) is 19.9 Å². The summed E-state index contributed by atoms with van der Waals surface area (Å²) in [6.45, 7) is 7.43. The van der Waals surface area contributed by atoms with Crippen LogP contribution in [-0.2, 0) is 14.3 Å². The number of morpholine rings is 1. The van der Waals surface area contributed by atoms with Crippen LogP contribution in [0.5, 0.6) is 0 Å². The summed E-state index contributed by atoms with van der Waals surface area (Å²) in [5, 5.41) is 5.55. The molecule has 1 saturated heterocycles. The van der Waals surface area contributed by atoms with Crippen LogP contribution >= 0.6 is 0 Å². The summed E-state index contributed by atoms with van der Waals surface area (Å²) < 4.78 is 5.51. The number of carbonyl (C=O) groups is 2. The molecule has 1 atom stereocenters. The fraction of sp³-hybridized carbons (Fsp3) is 0.417. The molecule has 1 fully saturated rings. The molecule has 0 aliphatic carbocycles. The highest BCUT2D eigenvalue weighted by Gasteiger charge is 2.28. The van der Waals surface area contributed by atoms with E-state index in [2.05, 4.69) is 39.8 Å². The lowest BCUT2D eigenvalue weighted by molar-refractivity contribution is -0.937. The molecule has 1 heterocycles. The standard InChI is InChI=1S/C24H32N4O3/c1-17-13-18(2)15-20(14-17)26-24(30)23(29)25-16-22(28-9-11-31-12-10-28)19-5-7-21(8-6-19)27(3)4/h5-8,13-15,22H,9-12,16H2,1-4H3,(H,25,29)(H,26,30)/p+1/t22-/m0/s1. The van der Waals surface area contributed by atoms with Gasteiger partial charge in [0.25, 0.3) is 0 Å². The summed E-state index contributed by atoms with van der Waals surface area (Å²) in [7, 11) is 4.02. The molecule has 3 rings (SSSR count). The van der Waals surface area contributed by atoms with E-state index in [4.69, 9.17) is 4.74 Å². The summed E-state index contributed by atoms with van der Waals surface area (Å²) in [5.41, 5.74) is 4.96. The Morgan fingerprint density at radius 2 is 1.61 bits per heavy atom. The van der Waals surface area contributed by atoms with Gasteiger partial charge >= 0.3 is 11.8 Å². The fourth-order valence-electron chi connectivity index (χ4n) is 3.99. The molecule has 7 heteroatoms. The lowest BCUT2D eigenvalue weighted by Crippen LogP contribution is -3.15. The number of ether oxygens (including phenoxy) is 1. The van der Waals surface area contributed by atoms with E-state index in [1.54, 1.807) is 0 Å². The predicted octanol–water partition coefficient (Wildman–Crippen LogP) is 1.08. The van der Waals surface area contributed by atoms with Gasteiger partial charge < -0.3 is 25.2 Å². The van der Waals surface area contributed by atoms with Crippen LogP contribution < -0.4 is 20.4 Å². The van der Waals surface area contributed by atoms with Crippen molar-refractivity contribution < 1.29 is 19.2 Å². The molecule has 0 saturated carbocycles. The van der Waals surface area contributed by atoms with Crippen molar-refractivity contribution >= 4 is 23.2 Å². The highest BCUT2D eigenvalue weighted by atomic mass is 16.5. The van der Waals surface area contributed by atoms with E-state index in [0.717, 1.165) is 35.5 Å². The van der Waals surface area contributed by atoms with E-state index < -0.39 is 11.8 Å². The molecule has 2 aromatic rings. The largest absolute Gasteiger partial charge is 0.378 e. The molecule has 2 amide bonds. The quantitative estimate of drug-likeness (QED) is 0.606. The molecular formula is C24H33N4O3+. The van der Waals surface area contributed by atoms with Crippen LogP contribution in [0.1, 0.15) is 22.7 Å². The van der Waals surface area contributed by atoms with Crippen LogP contribution in [0, 0.1) is 13.8 Å². The van der Waals surface area contributed by atoms with E-state index in [1.807, 2.05) is 46.1 Å². The lowest BCUT2D eigenvalue weighted by Gasteiger charge is -2.32. The minimum Gasteiger partial charge on any atom is -0.378 e. The second-order valence-corrected chi connectivity index (χ2v) is 8.35. The first-order valence-electron chi connectivity index (χ1n) is 10.7. The van der Waals surface area contributed by atoms with Gasteiger partial charge in [-0.2, -0.15) is 0 Å². The average molecular weight is 426 g/mol. The van der Waals surface area contributed by atoms with Gasteiger partial charge in [-0.05, 0) is 49.2 Å². The zero-order chi connectivity index (χ0) is 22.4. The topological polar surface area (TPSA) is 75.1 Å². The monoisotopic (exact) mass is 425 g/mol. The molecule has 2 aromatic carbocycles. The molecule has 0 spiro atoms. The molecule has 166 valence electrons. The van der Waals surface area contributed by atoms with Crippen LogP contribution in [0.25, 0.3) is 0 Å². The predicted molar refractivity (Wildman–Crippen MR) is 123 cm³/mol. The number of nitrogens with zero attached hydrogens (tertiary/aromatic N) is 1. The highest BCUT2D eigenvalue weighted by Crippen LogP contribution is 2.17. The third-order valence-electron chi connectivity index (χ3n) is 5.59. The van der Waals surface area contributed by atoms with E-state index in [-0.39, 0.29) is 6.04 Å². The van der Waals surface area contributed by atoms with Crippen LogP contribution in [0.2, 0.25) is 0 Å². The van der Waals surface area contributed by atoms with Crippen molar-refractivity contribution in [3.8, 4) is 0 Å². The highest BCUT2D eigenvalue weighted by molar-refractivity contribution is 6.39. The zero-order valence-corrected chi connectivity index (χ0v) is 18.8. The van der Waals surface area contributed by atoms with Gasteiger partial charge in [-0.15, -0.1) is 0 Å². The molecule has 7 nitrogen and oxygen atoms in total.